The Balaban J connectivity index is 2.65. The molecule has 1 amide bonds. The summed E-state index contributed by atoms with van der Waals surface area (Å²) >= 11 is 0. The minimum atomic E-state index is -3.42. The van der Waals surface area contributed by atoms with Crippen LogP contribution in [0.15, 0.2) is 0 Å². The zero-order chi connectivity index (χ0) is 18.2. The maximum Gasteiger partial charge on any atom is 0.282 e. The number of hydrogen-bond acceptors (Lipinski definition) is 4. The second kappa shape index (κ2) is 10.3. The maximum atomic E-state index is 12.9. The largest absolute Gasteiger partial charge is 0.339 e. The Hall–Kier alpha value is -0.700. The molecule has 0 saturated carbocycles. The molecule has 1 rings (SSSR count). The zero-order valence-corrected chi connectivity index (χ0v) is 16.5. The van der Waals surface area contributed by atoms with Gasteiger partial charge in [-0.1, -0.05) is 26.7 Å². The Bertz CT molecular complexity index is 466. The third-order valence-corrected chi connectivity index (χ3v) is 6.25. The second-order valence-electron chi connectivity index (χ2n) is 6.63. The first-order valence-electron chi connectivity index (χ1n) is 9.00. The maximum absolute atomic E-state index is 12.9. The second-order valence-corrected chi connectivity index (χ2v) is 8.56. The smallest absolute Gasteiger partial charge is 0.282 e. The van der Waals surface area contributed by atoms with Crippen LogP contribution in [-0.4, -0.2) is 92.6 Å². The summed E-state index contributed by atoms with van der Waals surface area (Å²) in [7, 11) is 0.296. The van der Waals surface area contributed by atoms with Crippen LogP contribution < -0.4 is 0 Å². The molecule has 0 aromatic rings. The van der Waals surface area contributed by atoms with E-state index in [0.717, 1.165) is 25.7 Å². The van der Waals surface area contributed by atoms with Gasteiger partial charge in [-0.25, -0.2) is 0 Å². The highest BCUT2D eigenvalue weighted by Crippen LogP contribution is 2.14. The van der Waals surface area contributed by atoms with Crippen molar-refractivity contribution in [2.75, 3.05) is 59.9 Å². The van der Waals surface area contributed by atoms with E-state index in [4.69, 9.17) is 0 Å². The van der Waals surface area contributed by atoms with Gasteiger partial charge in [-0.2, -0.15) is 17.0 Å². The van der Waals surface area contributed by atoms with Crippen LogP contribution in [0, 0.1) is 0 Å². The molecule has 1 fully saturated rings. The third kappa shape index (κ3) is 6.31. The molecule has 0 bridgehead atoms. The monoisotopic (exact) mass is 362 g/mol. The topological polar surface area (TPSA) is 64.2 Å². The lowest BCUT2D eigenvalue weighted by Crippen LogP contribution is -2.55. The number of carbonyl (C=O) groups excluding carboxylic acids is 1. The van der Waals surface area contributed by atoms with E-state index in [-0.39, 0.29) is 5.91 Å². The normalized spacial score (nSPS) is 17.0. The van der Waals surface area contributed by atoms with Gasteiger partial charge >= 0.3 is 0 Å². The fourth-order valence-electron chi connectivity index (χ4n) is 2.71. The van der Waals surface area contributed by atoms with Gasteiger partial charge in [0, 0.05) is 39.3 Å². The third-order valence-electron chi connectivity index (χ3n) is 4.22. The van der Waals surface area contributed by atoms with Gasteiger partial charge in [0.2, 0.25) is 5.91 Å². The molecular weight excluding hydrogens is 328 g/mol. The van der Waals surface area contributed by atoms with Crippen molar-refractivity contribution in [3.8, 4) is 0 Å². The van der Waals surface area contributed by atoms with Gasteiger partial charge in [0.15, 0.2) is 0 Å². The average Bonchev–Trinajstić information content (AvgIpc) is 2.54. The first kappa shape index (κ1) is 21.3. The van der Waals surface area contributed by atoms with Crippen molar-refractivity contribution in [2.24, 2.45) is 0 Å². The molecule has 0 radical (unpaired) electrons. The highest BCUT2D eigenvalue weighted by atomic mass is 32.2. The predicted octanol–water partition coefficient (Wildman–Crippen LogP) is 0.839. The lowest BCUT2D eigenvalue weighted by atomic mass is 10.3. The molecule has 8 heteroatoms. The molecule has 1 heterocycles. The molecule has 0 aliphatic carbocycles. The van der Waals surface area contributed by atoms with E-state index in [1.165, 1.54) is 4.31 Å². The number of piperazine rings is 1. The Morgan fingerprint density at radius 1 is 0.958 bits per heavy atom. The van der Waals surface area contributed by atoms with E-state index in [0.29, 0.717) is 45.8 Å². The van der Waals surface area contributed by atoms with E-state index in [1.54, 1.807) is 9.21 Å². The summed E-state index contributed by atoms with van der Waals surface area (Å²) in [4.78, 5) is 15.7. The van der Waals surface area contributed by atoms with Gasteiger partial charge in [-0.05, 0) is 26.9 Å². The predicted molar refractivity (Wildman–Crippen MR) is 97.0 cm³/mol. The number of hydrogen-bond donors (Lipinski definition) is 0. The minimum Gasteiger partial charge on any atom is -0.339 e. The Morgan fingerprint density at radius 3 is 1.88 bits per heavy atom. The number of unbranched alkanes of at least 4 members (excludes halogenated alkanes) is 2. The molecule has 24 heavy (non-hydrogen) atoms. The fourth-order valence-corrected chi connectivity index (χ4v) is 4.38. The van der Waals surface area contributed by atoms with Gasteiger partial charge < -0.3 is 9.80 Å². The van der Waals surface area contributed by atoms with Crippen molar-refractivity contribution in [1.82, 2.24) is 18.4 Å². The van der Waals surface area contributed by atoms with Gasteiger partial charge in [0.1, 0.15) is 0 Å². The Labute approximate surface area is 147 Å². The molecule has 0 unspecified atom stereocenters. The summed E-state index contributed by atoms with van der Waals surface area (Å²) in [6.07, 6.45) is 3.71. The van der Waals surface area contributed by atoms with Gasteiger partial charge in [-0.3, -0.25) is 4.79 Å². The minimum absolute atomic E-state index is 0.0610. The van der Waals surface area contributed by atoms with Crippen molar-refractivity contribution in [3.05, 3.63) is 0 Å². The number of nitrogens with zero attached hydrogens (tertiary/aromatic N) is 4. The molecule has 1 saturated heterocycles. The van der Waals surface area contributed by atoms with Gasteiger partial charge in [-0.15, -0.1) is 0 Å². The van der Waals surface area contributed by atoms with Crippen molar-refractivity contribution in [3.63, 3.8) is 0 Å². The summed E-state index contributed by atoms with van der Waals surface area (Å²) in [6.45, 7) is 7.39. The summed E-state index contributed by atoms with van der Waals surface area (Å²) in [6, 6.07) is 0. The summed E-state index contributed by atoms with van der Waals surface area (Å²) < 4.78 is 28.9. The van der Waals surface area contributed by atoms with Crippen molar-refractivity contribution in [1.29, 1.82) is 0 Å². The number of rotatable bonds is 10. The first-order valence-corrected chi connectivity index (χ1v) is 10.4. The molecule has 0 aromatic carbocycles. The van der Waals surface area contributed by atoms with Crippen molar-refractivity contribution < 1.29 is 13.2 Å². The number of amides is 1. The zero-order valence-electron chi connectivity index (χ0n) is 15.7. The van der Waals surface area contributed by atoms with Gasteiger partial charge in [0.05, 0.1) is 6.54 Å². The molecule has 0 N–H and O–H groups in total. The molecule has 1 aliphatic rings. The van der Waals surface area contributed by atoms with E-state index in [1.807, 2.05) is 19.0 Å². The Morgan fingerprint density at radius 2 is 1.46 bits per heavy atom. The average molecular weight is 363 g/mol. The fraction of sp³-hybridized carbons (Fsp3) is 0.938. The lowest BCUT2D eigenvalue weighted by Gasteiger charge is -2.37. The lowest BCUT2D eigenvalue weighted by molar-refractivity contribution is -0.133. The van der Waals surface area contributed by atoms with Crippen LogP contribution in [0.25, 0.3) is 0 Å². The molecule has 0 spiro atoms. The molecule has 142 valence electrons. The highest BCUT2D eigenvalue weighted by molar-refractivity contribution is 7.86. The summed E-state index contributed by atoms with van der Waals surface area (Å²) in [5.74, 6) is 0.0610. The van der Waals surface area contributed by atoms with Crippen LogP contribution in [-0.2, 0) is 15.0 Å². The molecule has 0 aromatic heterocycles. The first-order chi connectivity index (χ1) is 11.3. The molecule has 7 nitrogen and oxygen atoms in total. The van der Waals surface area contributed by atoms with E-state index >= 15 is 0 Å². The van der Waals surface area contributed by atoms with Crippen LogP contribution >= 0.6 is 0 Å². The van der Waals surface area contributed by atoms with Gasteiger partial charge in [0.25, 0.3) is 10.2 Å². The van der Waals surface area contributed by atoms with Crippen LogP contribution in [0.5, 0.6) is 0 Å². The quantitative estimate of drug-likeness (QED) is 0.578. The number of carbonyl (C=O) groups is 1. The number of likely N-dealkylation sites (N-methyl/N-ethyl adjacent to an activating group) is 1. The Kier molecular flexibility index (Phi) is 9.18. The summed E-state index contributed by atoms with van der Waals surface area (Å²) in [5, 5.41) is 0. The van der Waals surface area contributed by atoms with Crippen LogP contribution in [0.3, 0.4) is 0 Å². The van der Waals surface area contributed by atoms with E-state index in [9.17, 15) is 13.2 Å². The van der Waals surface area contributed by atoms with E-state index < -0.39 is 10.2 Å². The molecular formula is C16H34N4O3S. The standard InChI is InChI=1S/C16H34N4O3S/c1-5-7-9-19(10-8-6-2)24(22,23)20-13-11-18(12-14-20)16(21)15-17(3)4/h5-15H2,1-4H3. The molecule has 1 aliphatic heterocycles. The van der Waals surface area contributed by atoms with Crippen molar-refractivity contribution >= 4 is 16.1 Å². The van der Waals surface area contributed by atoms with Crippen LogP contribution in [0.2, 0.25) is 0 Å². The van der Waals surface area contributed by atoms with Crippen LogP contribution in [0.4, 0.5) is 0 Å². The summed E-state index contributed by atoms with van der Waals surface area (Å²) in [5.41, 5.74) is 0. The van der Waals surface area contributed by atoms with Crippen molar-refractivity contribution in [2.45, 2.75) is 39.5 Å². The van der Waals surface area contributed by atoms with Crippen LogP contribution in [0.1, 0.15) is 39.5 Å². The molecule has 0 atom stereocenters. The van der Waals surface area contributed by atoms with E-state index in [2.05, 4.69) is 13.8 Å². The highest BCUT2D eigenvalue weighted by Gasteiger charge is 2.32. The SMILES string of the molecule is CCCCN(CCCC)S(=O)(=O)N1CCN(C(=O)CN(C)C)CC1.